The number of phosphoric ester groups is 2. The fraction of sp³-hybridized carbons (Fsp3) is 0.938. The number of aliphatic hydroxyl groups excluding tert-OH is 1. The molecule has 0 fully saturated rings. The van der Waals surface area contributed by atoms with Crippen molar-refractivity contribution in [3.63, 3.8) is 0 Å². The summed E-state index contributed by atoms with van der Waals surface area (Å²) < 4.78 is 68.0. The molecule has 0 bridgehead atoms. The van der Waals surface area contributed by atoms with Gasteiger partial charge in [0.1, 0.15) is 19.3 Å². The molecule has 0 aliphatic carbocycles. The lowest BCUT2D eigenvalue weighted by molar-refractivity contribution is -0.161. The molecule has 0 saturated carbocycles. The Bertz CT molecular complexity index is 1650. The van der Waals surface area contributed by atoms with Gasteiger partial charge in [-0.3, -0.25) is 37.3 Å². The summed E-state index contributed by atoms with van der Waals surface area (Å²) in [4.78, 5) is 72.2. The van der Waals surface area contributed by atoms with Crippen molar-refractivity contribution in [2.75, 3.05) is 39.6 Å². The summed E-state index contributed by atoms with van der Waals surface area (Å²) in [5.74, 6) is -0.732. The molecule has 0 aliphatic rings. The van der Waals surface area contributed by atoms with Gasteiger partial charge in [0.15, 0.2) is 12.2 Å². The number of hydrogen-bond donors (Lipinski definition) is 3. The molecule has 0 spiro atoms. The number of ether oxygens (including phenoxy) is 4. The Hall–Kier alpha value is -1.94. The van der Waals surface area contributed by atoms with E-state index < -0.39 is 97.5 Å². The van der Waals surface area contributed by atoms with Crippen LogP contribution in [-0.2, 0) is 65.4 Å². The first-order chi connectivity index (χ1) is 40.4. The maximum absolute atomic E-state index is 13.0. The van der Waals surface area contributed by atoms with E-state index >= 15 is 0 Å². The van der Waals surface area contributed by atoms with Gasteiger partial charge in [0.25, 0.3) is 0 Å². The normalized spacial score (nSPS) is 14.3. The summed E-state index contributed by atoms with van der Waals surface area (Å²) in [6.07, 6.45) is 40.4. The minimum atomic E-state index is -4.94. The molecule has 0 amide bonds. The summed E-state index contributed by atoms with van der Waals surface area (Å²) in [6.45, 7) is 9.39. The van der Waals surface area contributed by atoms with Crippen LogP contribution in [0.5, 0.6) is 0 Å². The summed E-state index contributed by atoms with van der Waals surface area (Å²) in [5, 5.41) is 10.5. The van der Waals surface area contributed by atoms with Crippen LogP contribution in [-0.4, -0.2) is 96.7 Å². The first-order valence-electron chi connectivity index (χ1n) is 34.0. The molecular formula is C65H126O17P2. The van der Waals surface area contributed by atoms with Crippen LogP contribution in [0, 0.1) is 11.8 Å². The highest BCUT2D eigenvalue weighted by Gasteiger charge is 2.30. The van der Waals surface area contributed by atoms with Crippen LogP contribution in [0.15, 0.2) is 0 Å². The van der Waals surface area contributed by atoms with Gasteiger partial charge in [0.05, 0.1) is 26.4 Å². The van der Waals surface area contributed by atoms with Crippen molar-refractivity contribution >= 4 is 39.5 Å². The zero-order valence-corrected chi connectivity index (χ0v) is 56.0. The lowest BCUT2D eigenvalue weighted by Crippen LogP contribution is -2.30. The van der Waals surface area contributed by atoms with Gasteiger partial charge in [-0.05, 0) is 37.5 Å². The Labute approximate surface area is 511 Å². The van der Waals surface area contributed by atoms with Crippen molar-refractivity contribution in [2.45, 2.75) is 342 Å². The molecule has 17 nitrogen and oxygen atoms in total. The maximum Gasteiger partial charge on any atom is 0.472 e. The van der Waals surface area contributed by atoms with Gasteiger partial charge in [-0.15, -0.1) is 0 Å². The van der Waals surface area contributed by atoms with E-state index in [0.29, 0.717) is 37.5 Å². The molecule has 0 aromatic heterocycles. The minimum Gasteiger partial charge on any atom is -0.462 e. The standard InChI is InChI=1S/C65H126O17P2/c1-7-9-11-13-15-17-19-21-23-29-35-41-47-62(67)75-53-60(81-64(69)49-43-37-30-24-22-20-18-16-14-12-10-8-2)55-79-83(71,72)77-51-59(66)52-78-84(73,74)80-56-61(82-65(70)50-44-38-32-26-28-34-40-46-58(5)6)54-76-63(68)48-42-36-31-25-27-33-39-45-57(3)4/h57-61,66H,7-56H2,1-6H3,(H,71,72)(H,73,74)/t59-,60-,61-/m1/s1. The second-order valence-corrected chi connectivity index (χ2v) is 27.4. The molecule has 0 aromatic carbocycles. The number of rotatable bonds is 64. The predicted molar refractivity (Wildman–Crippen MR) is 335 cm³/mol. The summed E-state index contributed by atoms with van der Waals surface area (Å²) in [5.41, 5.74) is 0. The van der Waals surface area contributed by atoms with E-state index in [1.54, 1.807) is 0 Å². The van der Waals surface area contributed by atoms with Crippen LogP contribution in [0.1, 0.15) is 324 Å². The van der Waals surface area contributed by atoms with Crippen LogP contribution in [0.25, 0.3) is 0 Å². The van der Waals surface area contributed by atoms with E-state index in [-0.39, 0.29) is 25.7 Å². The number of carbonyl (C=O) groups is 4. The van der Waals surface area contributed by atoms with E-state index in [1.807, 2.05) is 0 Å². The Morgan fingerprint density at radius 3 is 0.810 bits per heavy atom. The molecule has 0 rings (SSSR count). The number of esters is 4. The van der Waals surface area contributed by atoms with Gasteiger partial charge in [-0.2, -0.15) is 0 Å². The highest BCUT2D eigenvalue weighted by Crippen LogP contribution is 2.45. The van der Waals surface area contributed by atoms with Gasteiger partial charge in [-0.25, -0.2) is 9.13 Å². The molecule has 0 heterocycles. The Balaban J connectivity index is 5.24. The highest BCUT2D eigenvalue weighted by atomic mass is 31.2. The second-order valence-electron chi connectivity index (χ2n) is 24.5. The zero-order valence-electron chi connectivity index (χ0n) is 54.2. The van der Waals surface area contributed by atoms with Crippen molar-refractivity contribution in [2.24, 2.45) is 11.8 Å². The van der Waals surface area contributed by atoms with Crippen molar-refractivity contribution in [3.05, 3.63) is 0 Å². The van der Waals surface area contributed by atoms with Gasteiger partial charge in [-0.1, -0.05) is 273 Å². The monoisotopic (exact) mass is 1240 g/mol. The fourth-order valence-electron chi connectivity index (χ4n) is 9.71. The molecule has 5 atom stereocenters. The lowest BCUT2D eigenvalue weighted by Gasteiger charge is -2.21. The quantitative estimate of drug-likeness (QED) is 0.0222. The SMILES string of the molecule is CCCCCCCCCCCCCCC(=O)OC[C@H](COP(=O)(O)OC[C@@H](O)COP(=O)(O)OC[C@@H](COC(=O)CCCCCCCCCC(C)C)OC(=O)CCCCCCCCCC(C)C)OC(=O)CCCCCCCCCCCCCC. The van der Waals surface area contributed by atoms with Crippen molar-refractivity contribution in [1.82, 2.24) is 0 Å². The number of hydrogen-bond acceptors (Lipinski definition) is 15. The predicted octanol–water partition coefficient (Wildman–Crippen LogP) is 18.0. The van der Waals surface area contributed by atoms with E-state index in [9.17, 15) is 43.2 Å². The number of phosphoric acid groups is 2. The van der Waals surface area contributed by atoms with E-state index in [1.165, 1.54) is 135 Å². The van der Waals surface area contributed by atoms with Crippen LogP contribution in [0.4, 0.5) is 0 Å². The van der Waals surface area contributed by atoms with Crippen LogP contribution in [0.3, 0.4) is 0 Å². The topological polar surface area (TPSA) is 237 Å². The molecule has 19 heteroatoms. The third-order valence-corrected chi connectivity index (χ3v) is 16.9. The molecule has 498 valence electrons. The highest BCUT2D eigenvalue weighted by molar-refractivity contribution is 7.47. The minimum absolute atomic E-state index is 0.103. The molecule has 0 saturated heterocycles. The molecule has 0 radical (unpaired) electrons. The van der Waals surface area contributed by atoms with Crippen molar-refractivity contribution < 1.29 is 80.2 Å². The summed E-state index contributed by atoms with van der Waals surface area (Å²) in [6, 6.07) is 0. The smallest absolute Gasteiger partial charge is 0.462 e. The molecule has 2 unspecified atom stereocenters. The van der Waals surface area contributed by atoms with E-state index in [0.717, 1.165) is 96.3 Å². The van der Waals surface area contributed by atoms with Gasteiger partial charge in [0, 0.05) is 25.7 Å². The Morgan fingerprint density at radius 2 is 0.548 bits per heavy atom. The lowest BCUT2D eigenvalue weighted by atomic mass is 10.0. The first kappa shape index (κ1) is 82.1. The molecule has 84 heavy (non-hydrogen) atoms. The summed E-state index contributed by atoms with van der Waals surface area (Å²) in [7, 11) is -9.89. The number of aliphatic hydroxyl groups is 1. The van der Waals surface area contributed by atoms with Crippen LogP contribution >= 0.6 is 15.6 Å². The Morgan fingerprint density at radius 1 is 0.321 bits per heavy atom. The molecule has 0 aromatic rings. The molecule has 3 N–H and O–H groups in total. The number of carbonyl (C=O) groups excluding carboxylic acids is 4. The fourth-order valence-corrected chi connectivity index (χ4v) is 11.3. The van der Waals surface area contributed by atoms with Gasteiger partial charge >= 0.3 is 39.5 Å². The van der Waals surface area contributed by atoms with E-state index in [2.05, 4.69) is 41.5 Å². The molecular weight excluding hydrogens is 1110 g/mol. The first-order valence-corrected chi connectivity index (χ1v) is 37.0. The second kappa shape index (κ2) is 57.5. The third kappa shape index (κ3) is 59.0. The Kier molecular flexibility index (Phi) is 56.2. The average molecular weight is 1240 g/mol. The molecule has 0 aliphatic heterocycles. The largest absolute Gasteiger partial charge is 0.472 e. The maximum atomic E-state index is 13.0. The van der Waals surface area contributed by atoms with Crippen LogP contribution in [0.2, 0.25) is 0 Å². The average Bonchev–Trinajstić information content (AvgIpc) is 3.57. The third-order valence-electron chi connectivity index (χ3n) is 15.0. The van der Waals surface area contributed by atoms with Gasteiger partial charge in [0.2, 0.25) is 0 Å². The van der Waals surface area contributed by atoms with Crippen molar-refractivity contribution in [3.8, 4) is 0 Å². The van der Waals surface area contributed by atoms with E-state index in [4.69, 9.17) is 37.0 Å². The van der Waals surface area contributed by atoms with Crippen LogP contribution < -0.4 is 0 Å². The number of unbranched alkanes of at least 4 members (excludes halogenated alkanes) is 34. The van der Waals surface area contributed by atoms with Gasteiger partial charge < -0.3 is 33.8 Å². The zero-order chi connectivity index (χ0) is 62.2. The summed E-state index contributed by atoms with van der Waals surface area (Å²) >= 11 is 0. The van der Waals surface area contributed by atoms with Crippen molar-refractivity contribution in [1.29, 1.82) is 0 Å².